The van der Waals surface area contributed by atoms with Gasteiger partial charge >= 0.3 is 0 Å². The molecule has 1 aromatic carbocycles. The Morgan fingerprint density at radius 2 is 2.23 bits per heavy atom. The molecule has 0 heterocycles. The first-order valence-electron chi connectivity index (χ1n) is 3.84. The highest BCUT2D eigenvalue weighted by Gasteiger charge is 2.06. The van der Waals surface area contributed by atoms with Crippen LogP contribution >= 0.6 is 28.6 Å². The van der Waals surface area contributed by atoms with Gasteiger partial charge in [-0.2, -0.15) is 12.6 Å². The number of hydrogen-bond donors (Lipinski definition) is 1. The lowest BCUT2D eigenvalue weighted by atomic mass is 10.3. The fraction of sp³-hybridized carbons (Fsp3) is 0.333. The SMILES string of the molecule is COc1ccc(Br)cc1N(C)CS. The summed E-state index contributed by atoms with van der Waals surface area (Å²) in [5.41, 5.74) is 1.03. The van der Waals surface area contributed by atoms with Gasteiger partial charge < -0.3 is 9.64 Å². The van der Waals surface area contributed by atoms with Crippen LogP contribution in [0, 0.1) is 0 Å². The average Bonchev–Trinajstić information content (AvgIpc) is 2.16. The molecule has 0 aliphatic rings. The zero-order valence-electron chi connectivity index (χ0n) is 7.62. The highest BCUT2D eigenvalue weighted by Crippen LogP contribution is 2.30. The van der Waals surface area contributed by atoms with E-state index in [-0.39, 0.29) is 0 Å². The Hall–Kier alpha value is -0.350. The van der Waals surface area contributed by atoms with Gasteiger partial charge in [-0.1, -0.05) is 15.9 Å². The summed E-state index contributed by atoms with van der Waals surface area (Å²) in [6.07, 6.45) is 0. The average molecular weight is 262 g/mol. The fourth-order valence-corrected chi connectivity index (χ4v) is 1.54. The highest BCUT2D eigenvalue weighted by molar-refractivity contribution is 9.10. The van der Waals surface area contributed by atoms with Gasteiger partial charge in [-0.25, -0.2) is 0 Å². The van der Waals surface area contributed by atoms with E-state index in [1.54, 1.807) is 7.11 Å². The van der Waals surface area contributed by atoms with Crippen molar-refractivity contribution >= 4 is 34.2 Å². The molecule has 0 saturated heterocycles. The Morgan fingerprint density at radius 3 is 2.77 bits per heavy atom. The van der Waals surface area contributed by atoms with Crippen molar-refractivity contribution in [3.05, 3.63) is 22.7 Å². The molecule has 1 rings (SSSR count). The number of rotatable bonds is 3. The molecule has 0 N–H and O–H groups in total. The van der Waals surface area contributed by atoms with E-state index in [0.29, 0.717) is 5.88 Å². The largest absolute Gasteiger partial charge is 0.495 e. The Morgan fingerprint density at radius 1 is 1.54 bits per heavy atom. The van der Waals surface area contributed by atoms with E-state index in [0.717, 1.165) is 15.9 Å². The fourth-order valence-electron chi connectivity index (χ4n) is 1.04. The van der Waals surface area contributed by atoms with E-state index >= 15 is 0 Å². The molecule has 72 valence electrons. The summed E-state index contributed by atoms with van der Waals surface area (Å²) in [5, 5.41) is 0. The summed E-state index contributed by atoms with van der Waals surface area (Å²) < 4.78 is 6.27. The van der Waals surface area contributed by atoms with Crippen molar-refractivity contribution in [2.75, 3.05) is 24.9 Å². The summed E-state index contributed by atoms with van der Waals surface area (Å²) in [6, 6.07) is 5.89. The van der Waals surface area contributed by atoms with Crippen LogP contribution in [-0.2, 0) is 0 Å². The molecule has 0 bridgehead atoms. The lowest BCUT2D eigenvalue weighted by Gasteiger charge is -2.19. The van der Waals surface area contributed by atoms with Gasteiger partial charge in [0.1, 0.15) is 5.75 Å². The van der Waals surface area contributed by atoms with Crippen molar-refractivity contribution in [1.82, 2.24) is 0 Å². The van der Waals surface area contributed by atoms with Crippen molar-refractivity contribution in [3.8, 4) is 5.75 Å². The molecule has 1 aromatic rings. The molecule has 0 atom stereocenters. The van der Waals surface area contributed by atoms with Crippen LogP contribution in [0.25, 0.3) is 0 Å². The predicted molar refractivity (Wildman–Crippen MR) is 63.0 cm³/mol. The van der Waals surface area contributed by atoms with Crippen molar-refractivity contribution in [2.24, 2.45) is 0 Å². The topological polar surface area (TPSA) is 12.5 Å². The van der Waals surface area contributed by atoms with E-state index in [1.165, 1.54) is 0 Å². The van der Waals surface area contributed by atoms with E-state index in [9.17, 15) is 0 Å². The summed E-state index contributed by atoms with van der Waals surface area (Å²) in [5.74, 6) is 1.52. The molecular weight excluding hydrogens is 250 g/mol. The van der Waals surface area contributed by atoms with Crippen molar-refractivity contribution in [1.29, 1.82) is 0 Å². The molecule has 0 spiro atoms. The first kappa shape index (κ1) is 10.7. The molecule has 0 unspecified atom stereocenters. The van der Waals surface area contributed by atoms with Gasteiger partial charge in [0.25, 0.3) is 0 Å². The number of hydrogen-bond acceptors (Lipinski definition) is 3. The van der Waals surface area contributed by atoms with Crippen LogP contribution < -0.4 is 9.64 Å². The second kappa shape index (κ2) is 4.77. The maximum Gasteiger partial charge on any atom is 0.142 e. The van der Waals surface area contributed by atoms with Crippen LogP contribution in [0.1, 0.15) is 0 Å². The van der Waals surface area contributed by atoms with Crippen LogP contribution in [-0.4, -0.2) is 20.0 Å². The number of halogens is 1. The smallest absolute Gasteiger partial charge is 0.142 e. The van der Waals surface area contributed by atoms with Gasteiger partial charge in [0, 0.05) is 11.5 Å². The third-order valence-corrected chi connectivity index (χ3v) is 2.68. The lowest BCUT2D eigenvalue weighted by molar-refractivity contribution is 0.415. The van der Waals surface area contributed by atoms with Crippen LogP contribution in [0.15, 0.2) is 22.7 Å². The monoisotopic (exact) mass is 261 g/mol. The second-order valence-electron chi connectivity index (χ2n) is 2.66. The Kier molecular flexibility index (Phi) is 3.93. The van der Waals surface area contributed by atoms with Crippen molar-refractivity contribution in [3.63, 3.8) is 0 Å². The van der Waals surface area contributed by atoms with Crippen molar-refractivity contribution in [2.45, 2.75) is 0 Å². The molecule has 0 aliphatic heterocycles. The number of thiol groups is 1. The molecule has 0 radical (unpaired) electrons. The van der Waals surface area contributed by atoms with Gasteiger partial charge in [-0.05, 0) is 18.2 Å². The van der Waals surface area contributed by atoms with Gasteiger partial charge in [0.2, 0.25) is 0 Å². The third-order valence-electron chi connectivity index (χ3n) is 1.76. The molecular formula is C9H12BrNOS. The van der Waals surface area contributed by atoms with E-state index in [1.807, 2.05) is 30.1 Å². The molecule has 0 amide bonds. The Bertz CT molecular complexity index is 293. The number of anilines is 1. The van der Waals surface area contributed by atoms with Gasteiger partial charge in [0.15, 0.2) is 0 Å². The number of methoxy groups -OCH3 is 1. The maximum atomic E-state index is 5.23. The van der Waals surface area contributed by atoms with E-state index in [2.05, 4.69) is 28.6 Å². The van der Waals surface area contributed by atoms with Gasteiger partial charge in [-0.3, -0.25) is 0 Å². The van der Waals surface area contributed by atoms with Crippen molar-refractivity contribution < 1.29 is 4.74 Å². The van der Waals surface area contributed by atoms with E-state index < -0.39 is 0 Å². The molecule has 4 heteroatoms. The first-order valence-corrected chi connectivity index (χ1v) is 5.27. The molecule has 2 nitrogen and oxygen atoms in total. The summed E-state index contributed by atoms with van der Waals surface area (Å²) in [4.78, 5) is 2.01. The van der Waals surface area contributed by atoms with Crippen LogP contribution in [0.2, 0.25) is 0 Å². The molecule has 0 fully saturated rings. The maximum absolute atomic E-state index is 5.23. The molecule has 13 heavy (non-hydrogen) atoms. The number of nitrogens with zero attached hydrogens (tertiary/aromatic N) is 1. The number of benzene rings is 1. The minimum atomic E-state index is 0.660. The van der Waals surface area contributed by atoms with Crippen LogP contribution in [0.4, 0.5) is 5.69 Å². The molecule has 0 aliphatic carbocycles. The summed E-state index contributed by atoms with van der Waals surface area (Å²) in [7, 11) is 3.64. The zero-order chi connectivity index (χ0) is 9.84. The molecule has 0 saturated carbocycles. The van der Waals surface area contributed by atoms with Gasteiger partial charge in [-0.15, -0.1) is 0 Å². The summed E-state index contributed by atoms with van der Waals surface area (Å²) in [6.45, 7) is 0. The highest BCUT2D eigenvalue weighted by atomic mass is 79.9. The van der Waals surface area contributed by atoms with Crippen LogP contribution in [0.5, 0.6) is 5.75 Å². The van der Waals surface area contributed by atoms with Gasteiger partial charge in [0.05, 0.1) is 18.7 Å². The quantitative estimate of drug-likeness (QED) is 0.664. The van der Waals surface area contributed by atoms with E-state index in [4.69, 9.17) is 4.74 Å². The van der Waals surface area contributed by atoms with Crippen LogP contribution in [0.3, 0.4) is 0 Å². The first-order chi connectivity index (χ1) is 6.19. The second-order valence-corrected chi connectivity index (χ2v) is 3.85. The minimum absolute atomic E-state index is 0.660. The summed E-state index contributed by atoms with van der Waals surface area (Å²) >= 11 is 7.62. The predicted octanol–water partition coefficient (Wildman–Crippen LogP) is 2.78. The number of ether oxygens (including phenoxy) is 1. The molecule has 0 aromatic heterocycles. The normalized spacial score (nSPS) is 9.85. The third kappa shape index (κ3) is 2.54. The zero-order valence-corrected chi connectivity index (χ0v) is 10.1. The Labute approximate surface area is 92.4 Å². The Balaban J connectivity index is 3.07. The standard InChI is InChI=1S/C9H12BrNOS/c1-11(6-13)8-5-7(10)3-4-9(8)12-2/h3-5,13H,6H2,1-2H3. The lowest BCUT2D eigenvalue weighted by Crippen LogP contribution is -2.15. The minimum Gasteiger partial charge on any atom is -0.495 e.